The van der Waals surface area contributed by atoms with E-state index in [9.17, 15) is 4.79 Å². The summed E-state index contributed by atoms with van der Waals surface area (Å²) in [6, 6.07) is 3.77. The number of amides is 1. The molecule has 3 heterocycles. The van der Waals surface area contributed by atoms with E-state index in [1.165, 1.54) is 25.9 Å². The van der Waals surface area contributed by atoms with E-state index in [-0.39, 0.29) is 5.91 Å². The number of likely N-dealkylation sites (tertiary alicyclic amines) is 1. The summed E-state index contributed by atoms with van der Waals surface area (Å²) in [6.45, 7) is 6.42. The highest BCUT2D eigenvalue weighted by atomic mass is 16.1. The third-order valence-electron chi connectivity index (χ3n) is 4.69. The van der Waals surface area contributed by atoms with Crippen LogP contribution in [0.15, 0.2) is 30.7 Å². The minimum atomic E-state index is -0.0704. The summed E-state index contributed by atoms with van der Waals surface area (Å²) < 4.78 is 1.67. The molecule has 3 rings (SSSR count). The van der Waals surface area contributed by atoms with Gasteiger partial charge in [0.25, 0.3) is 5.91 Å². The lowest BCUT2D eigenvalue weighted by Crippen LogP contribution is -2.36. The van der Waals surface area contributed by atoms with Crippen LogP contribution in [0.5, 0.6) is 0 Å². The van der Waals surface area contributed by atoms with Crippen LogP contribution >= 0.6 is 0 Å². The molecule has 1 unspecified atom stereocenters. The summed E-state index contributed by atoms with van der Waals surface area (Å²) in [5.74, 6) is 0.722. The van der Waals surface area contributed by atoms with Gasteiger partial charge in [-0.2, -0.15) is 5.10 Å². The number of nitrogens with zero attached hydrogens (tertiary/aromatic N) is 4. The Balaban J connectivity index is 1.53. The standard InChI is InChI=1S/C19H27N5O/c1-15-6-4-10-24(13-15)11-5-9-21-19(25)17-14-23(2)22-18(17)16-7-3-8-20-12-16/h3,7-8,12,14-15H,4-6,9-11,13H2,1-2H3,(H,21,25). The third-order valence-corrected chi connectivity index (χ3v) is 4.69. The molecule has 1 atom stereocenters. The Hall–Kier alpha value is -2.21. The predicted molar refractivity (Wildman–Crippen MR) is 98.2 cm³/mol. The molecule has 6 nitrogen and oxygen atoms in total. The number of carbonyl (C=O) groups is 1. The molecule has 1 aliphatic heterocycles. The summed E-state index contributed by atoms with van der Waals surface area (Å²) in [5.41, 5.74) is 2.13. The summed E-state index contributed by atoms with van der Waals surface area (Å²) in [5, 5.41) is 7.45. The molecule has 0 radical (unpaired) electrons. The lowest BCUT2D eigenvalue weighted by atomic mass is 10.0. The second-order valence-electron chi connectivity index (χ2n) is 6.96. The van der Waals surface area contributed by atoms with E-state index in [4.69, 9.17) is 0 Å². The van der Waals surface area contributed by atoms with Crippen molar-refractivity contribution in [3.63, 3.8) is 0 Å². The van der Waals surface area contributed by atoms with Gasteiger partial charge in [-0.1, -0.05) is 6.92 Å². The molecule has 0 aliphatic carbocycles. The molecule has 1 amide bonds. The van der Waals surface area contributed by atoms with Crippen LogP contribution in [0, 0.1) is 5.92 Å². The summed E-state index contributed by atoms with van der Waals surface area (Å²) in [7, 11) is 1.83. The van der Waals surface area contributed by atoms with Gasteiger partial charge in [-0.3, -0.25) is 14.5 Å². The Bertz CT molecular complexity index is 697. The van der Waals surface area contributed by atoms with Crippen LogP contribution in [-0.4, -0.2) is 51.8 Å². The first kappa shape index (κ1) is 17.6. The Morgan fingerprint density at radius 3 is 3.08 bits per heavy atom. The Morgan fingerprint density at radius 1 is 1.44 bits per heavy atom. The molecule has 0 bridgehead atoms. The van der Waals surface area contributed by atoms with Gasteiger partial charge in [0.05, 0.1) is 5.56 Å². The minimum absolute atomic E-state index is 0.0704. The first-order valence-electron chi connectivity index (χ1n) is 9.08. The zero-order valence-corrected chi connectivity index (χ0v) is 15.1. The van der Waals surface area contributed by atoms with Crippen molar-refractivity contribution in [1.29, 1.82) is 0 Å². The highest BCUT2D eigenvalue weighted by molar-refractivity contribution is 5.99. The van der Waals surface area contributed by atoms with Crippen molar-refractivity contribution in [3.8, 4) is 11.3 Å². The molecule has 0 spiro atoms. The maximum absolute atomic E-state index is 12.6. The lowest BCUT2D eigenvalue weighted by molar-refractivity contribution is 0.0950. The van der Waals surface area contributed by atoms with Gasteiger partial charge in [-0.25, -0.2) is 0 Å². The van der Waals surface area contributed by atoms with Crippen molar-refractivity contribution in [2.75, 3.05) is 26.2 Å². The van der Waals surface area contributed by atoms with E-state index in [2.05, 4.69) is 27.2 Å². The summed E-state index contributed by atoms with van der Waals surface area (Å²) in [4.78, 5) is 19.2. The molecule has 134 valence electrons. The van der Waals surface area contributed by atoms with E-state index in [1.807, 2.05) is 19.2 Å². The quantitative estimate of drug-likeness (QED) is 0.819. The van der Waals surface area contributed by atoms with Gasteiger partial charge in [-0.15, -0.1) is 0 Å². The number of nitrogens with one attached hydrogen (secondary N) is 1. The second-order valence-corrected chi connectivity index (χ2v) is 6.96. The van der Waals surface area contributed by atoms with Gasteiger partial charge < -0.3 is 10.2 Å². The van der Waals surface area contributed by atoms with Crippen LogP contribution in [-0.2, 0) is 7.05 Å². The largest absolute Gasteiger partial charge is 0.352 e. The molecule has 1 saturated heterocycles. The van der Waals surface area contributed by atoms with Crippen LogP contribution in [0.4, 0.5) is 0 Å². The Labute approximate surface area is 149 Å². The monoisotopic (exact) mass is 341 g/mol. The van der Waals surface area contributed by atoms with Gasteiger partial charge in [-0.05, 0) is 50.4 Å². The average Bonchev–Trinajstić information content (AvgIpc) is 3.01. The third kappa shape index (κ3) is 4.66. The molecule has 6 heteroatoms. The molecule has 0 saturated carbocycles. The minimum Gasteiger partial charge on any atom is -0.352 e. The SMILES string of the molecule is CC1CCCN(CCCNC(=O)c2cn(C)nc2-c2cccnc2)C1. The number of hydrogen-bond donors (Lipinski definition) is 1. The van der Waals surface area contributed by atoms with Crippen molar-refractivity contribution in [2.45, 2.75) is 26.2 Å². The van der Waals surface area contributed by atoms with Crippen molar-refractivity contribution in [1.82, 2.24) is 25.0 Å². The van der Waals surface area contributed by atoms with Gasteiger partial charge in [0.1, 0.15) is 5.69 Å². The van der Waals surface area contributed by atoms with Gasteiger partial charge in [0.2, 0.25) is 0 Å². The van der Waals surface area contributed by atoms with E-state index in [1.54, 1.807) is 23.3 Å². The Kier molecular flexibility index (Phi) is 5.81. The fourth-order valence-electron chi connectivity index (χ4n) is 3.46. The number of hydrogen-bond acceptors (Lipinski definition) is 4. The number of piperidine rings is 1. The average molecular weight is 341 g/mol. The zero-order chi connectivity index (χ0) is 17.6. The molecular formula is C19H27N5O. The fraction of sp³-hybridized carbons (Fsp3) is 0.526. The fourth-order valence-corrected chi connectivity index (χ4v) is 3.46. The summed E-state index contributed by atoms with van der Waals surface area (Å²) >= 11 is 0. The lowest BCUT2D eigenvalue weighted by Gasteiger charge is -2.30. The highest BCUT2D eigenvalue weighted by Gasteiger charge is 2.18. The van der Waals surface area contributed by atoms with Crippen LogP contribution in [0.3, 0.4) is 0 Å². The van der Waals surface area contributed by atoms with E-state index < -0.39 is 0 Å². The number of aromatic nitrogens is 3. The molecule has 0 aromatic carbocycles. The topological polar surface area (TPSA) is 63.1 Å². The molecule has 1 aliphatic rings. The van der Waals surface area contributed by atoms with Crippen molar-refractivity contribution in [3.05, 3.63) is 36.3 Å². The number of aryl methyl sites for hydroxylation is 1. The molecule has 2 aromatic rings. The van der Waals surface area contributed by atoms with Gasteiger partial charge in [0.15, 0.2) is 0 Å². The maximum atomic E-state index is 12.6. The number of rotatable bonds is 6. The molecule has 2 aromatic heterocycles. The highest BCUT2D eigenvalue weighted by Crippen LogP contribution is 2.20. The maximum Gasteiger partial charge on any atom is 0.255 e. The van der Waals surface area contributed by atoms with E-state index in [0.29, 0.717) is 17.8 Å². The van der Waals surface area contributed by atoms with Crippen LogP contribution in [0.25, 0.3) is 11.3 Å². The first-order chi connectivity index (χ1) is 12.1. The zero-order valence-electron chi connectivity index (χ0n) is 15.1. The first-order valence-corrected chi connectivity index (χ1v) is 9.08. The van der Waals surface area contributed by atoms with Crippen molar-refractivity contribution >= 4 is 5.91 Å². The number of pyridine rings is 1. The predicted octanol–water partition coefficient (Wildman–Crippen LogP) is 2.33. The Morgan fingerprint density at radius 2 is 2.32 bits per heavy atom. The van der Waals surface area contributed by atoms with E-state index >= 15 is 0 Å². The van der Waals surface area contributed by atoms with Crippen LogP contribution < -0.4 is 5.32 Å². The van der Waals surface area contributed by atoms with Crippen LogP contribution in [0.1, 0.15) is 36.5 Å². The molecule has 1 N–H and O–H groups in total. The summed E-state index contributed by atoms with van der Waals surface area (Å²) in [6.07, 6.45) is 8.82. The van der Waals surface area contributed by atoms with Gasteiger partial charge in [0, 0.05) is 44.3 Å². The number of carbonyl (C=O) groups excluding carboxylic acids is 1. The van der Waals surface area contributed by atoms with Gasteiger partial charge >= 0.3 is 0 Å². The van der Waals surface area contributed by atoms with Crippen LogP contribution in [0.2, 0.25) is 0 Å². The normalized spacial score (nSPS) is 18.2. The smallest absolute Gasteiger partial charge is 0.255 e. The second kappa shape index (κ2) is 8.25. The van der Waals surface area contributed by atoms with Crippen molar-refractivity contribution in [2.24, 2.45) is 13.0 Å². The molecular weight excluding hydrogens is 314 g/mol. The van der Waals surface area contributed by atoms with E-state index in [0.717, 1.165) is 24.4 Å². The van der Waals surface area contributed by atoms with Crippen molar-refractivity contribution < 1.29 is 4.79 Å². The molecule has 25 heavy (non-hydrogen) atoms. The molecule has 1 fully saturated rings.